The van der Waals surface area contributed by atoms with Crippen molar-refractivity contribution in [2.75, 3.05) is 26.2 Å². The molecule has 2 atom stereocenters. The molecular formula is C17H32N2O2. The number of likely N-dealkylation sites (tertiary alicyclic amines) is 1. The number of hydrogen-bond donors (Lipinski definition) is 1. The molecule has 0 radical (unpaired) electrons. The number of nitrogens with one attached hydrogen (secondary N) is 1. The van der Waals surface area contributed by atoms with Gasteiger partial charge in [-0.1, -0.05) is 27.7 Å². The van der Waals surface area contributed by atoms with E-state index in [4.69, 9.17) is 4.74 Å². The maximum Gasteiger partial charge on any atom is 0.236 e. The number of nitrogens with zero attached hydrogens (tertiary/aromatic N) is 1. The van der Waals surface area contributed by atoms with Gasteiger partial charge in [-0.25, -0.2) is 0 Å². The Balaban J connectivity index is 1.70. The highest BCUT2D eigenvalue weighted by atomic mass is 16.5. The third-order valence-corrected chi connectivity index (χ3v) is 5.02. The van der Waals surface area contributed by atoms with Crippen LogP contribution in [0.1, 0.15) is 53.4 Å². The second kappa shape index (κ2) is 7.10. The highest BCUT2D eigenvalue weighted by molar-refractivity contribution is 5.78. The number of ether oxygens (including phenoxy) is 1. The number of rotatable bonds is 6. The van der Waals surface area contributed by atoms with Crippen LogP contribution in [0.4, 0.5) is 0 Å². The molecule has 1 N–H and O–H groups in total. The molecule has 0 aromatic carbocycles. The third kappa shape index (κ3) is 4.19. The number of amides is 1. The van der Waals surface area contributed by atoms with Crippen molar-refractivity contribution in [2.45, 2.75) is 65.5 Å². The van der Waals surface area contributed by atoms with Crippen molar-refractivity contribution in [1.82, 2.24) is 10.2 Å². The largest absolute Gasteiger partial charge is 0.377 e. The molecule has 1 heterocycles. The van der Waals surface area contributed by atoms with E-state index < -0.39 is 0 Å². The number of carbonyl (C=O) groups is 1. The van der Waals surface area contributed by atoms with Crippen LogP contribution in [-0.2, 0) is 9.53 Å². The van der Waals surface area contributed by atoms with Crippen molar-refractivity contribution < 1.29 is 9.53 Å². The first kappa shape index (κ1) is 16.8. The van der Waals surface area contributed by atoms with Crippen molar-refractivity contribution in [3.8, 4) is 0 Å². The highest BCUT2D eigenvalue weighted by Crippen LogP contribution is 2.42. The van der Waals surface area contributed by atoms with Crippen LogP contribution < -0.4 is 5.32 Å². The lowest BCUT2D eigenvalue weighted by molar-refractivity contribution is -0.137. The molecular weight excluding hydrogens is 264 g/mol. The minimum absolute atomic E-state index is 0.122. The molecule has 2 fully saturated rings. The van der Waals surface area contributed by atoms with Gasteiger partial charge in [-0.2, -0.15) is 0 Å². The lowest BCUT2D eigenvalue weighted by Crippen LogP contribution is -2.62. The molecule has 1 amide bonds. The minimum Gasteiger partial charge on any atom is -0.377 e. The molecule has 2 aliphatic rings. The Morgan fingerprint density at radius 1 is 1.29 bits per heavy atom. The molecule has 1 saturated heterocycles. The molecule has 1 aliphatic carbocycles. The van der Waals surface area contributed by atoms with Crippen molar-refractivity contribution >= 4 is 5.91 Å². The fourth-order valence-corrected chi connectivity index (χ4v) is 3.29. The number of piperidine rings is 1. The maximum atomic E-state index is 12.2. The number of hydrogen-bond acceptors (Lipinski definition) is 3. The van der Waals surface area contributed by atoms with Crippen molar-refractivity contribution in [2.24, 2.45) is 11.3 Å². The van der Waals surface area contributed by atoms with Gasteiger partial charge in [-0.05, 0) is 31.6 Å². The van der Waals surface area contributed by atoms with Crippen LogP contribution in [0.15, 0.2) is 0 Å². The zero-order valence-electron chi connectivity index (χ0n) is 14.2. The average Bonchev–Trinajstić information content (AvgIpc) is 2.46. The zero-order valence-corrected chi connectivity index (χ0v) is 14.2. The standard InChI is InChI=1S/C17H32N2O2/c1-13(2)12-21-15-10-14(17(15,3)4)18-11-16(20)19-8-6-5-7-9-19/h13-15,18H,5-12H2,1-4H3. The topological polar surface area (TPSA) is 41.6 Å². The number of carbonyl (C=O) groups excluding carboxylic acids is 1. The van der Waals surface area contributed by atoms with Gasteiger partial charge in [-0.3, -0.25) is 4.79 Å². The van der Waals surface area contributed by atoms with Crippen LogP contribution >= 0.6 is 0 Å². The van der Waals surface area contributed by atoms with Gasteiger partial charge < -0.3 is 15.0 Å². The maximum absolute atomic E-state index is 12.2. The lowest BCUT2D eigenvalue weighted by atomic mass is 9.64. The van der Waals surface area contributed by atoms with Crippen LogP contribution in [0.3, 0.4) is 0 Å². The monoisotopic (exact) mass is 296 g/mol. The summed E-state index contributed by atoms with van der Waals surface area (Å²) < 4.78 is 5.97. The molecule has 0 spiro atoms. The Labute approximate surface area is 129 Å². The van der Waals surface area contributed by atoms with Gasteiger partial charge in [0.25, 0.3) is 0 Å². The van der Waals surface area contributed by atoms with Gasteiger partial charge in [-0.15, -0.1) is 0 Å². The molecule has 122 valence electrons. The summed E-state index contributed by atoms with van der Waals surface area (Å²) in [6.07, 6.45) is 4.93. The quantitative estimate of drug-likeness (QED) is 0.818. The minimum atomic E-state index is 0.122. The molecule has 21 heavy (non-hydrogen) atoms. The SMILES string of the molecule is CC(C)COC1CC(NCC(=O)N2CCCCC2)C1(C)C. The molecule has 0 aromatic heterocycles. The second-order valence-corrected chi connectivity index (χ2v) is 7.65. The van der Waals surface area contributed by atoms with Crippen LogP contribution in [-0.4, -0.2) is 49.2 Å². The first-order chi connectivity index (χ1) is 9.91. The predicted molar refractivity (Wildman–Crippen MR) is 85.2 cm³/mol. The Kier molecular flexibility index (Phi) is 5.67. The second-order valence-electron chi connectivity index (χ2n) is 7.65. The summed E-state index contributed by atoms with van der Waals surface area (Å²) in [5.41, 5.74) is 0.122. The summed E-state index contributed by atoms with van der Waals surface area (Å²) in [6.45, 7) is 12.0. The Bertz CT molecular complexity index is 349. The molecule has 0 aromatic rings. The van der Waals surface area contributed by atoms with E-state index in [0.717, 1.165) is 39.0 Å². The molecule has 1 saturated carbocycles. The Morgan fingerprint density at radius 3 is 2.52 bits per heavy atom. The normalized spacial score (nSPS) is 28.5. The summed E-state index contributed by atoms with van der Waals surface area (Å²) >= 11 is 0. The zero-order chi connectivity index (χ0) is 15.5. The van der Waals surface area contributed by atoms with Gasteiger partial charge in [0.05, 0.1) is 12.6 Å². The summed E-state index contributed by atoms with van der Waals surface area (Å²) in [5, 5.41) is 3.45. The van der Waals surface area contributed by atoms with E-state index in [1.165, 1.54) is 6.42 Å². The molecule has 2 unspecified atom stereocenters. The fraction of sp³-hybridized carbons (Fsp3) is 0.941. The van der Waals surface area contributed by atoms with E-state index in [1.54, 1.807) is 0 Å². The van der Waals surface area contributed by atoms with Crippen LogP contribution in [0.2, 0.25) is 0 Å². The molecule has 1 aliphatic heterocycles. The fourth-order valence-electron chi connectivity index (χ4n) is 3.29. The van der Waals surface area contributed by atoms with Crippen LogP contribution in [0.25, 0.3) is 0 Å². The molecule has 0 bridgehead atoms. The van der Waals surface area contributed by atoms with Gasteiger partial charge in [0, 0.05) is 31.2 Å². The average molecular weight is 296 g/mol. The highest BCUT2D eigenvalue weighted by Gasteiger charge is 2.48. The Morgan fingerprint density at radius 2 is 1.95 bits per heavy atom. The van der Waals surface area contributed by atoms with Crippen LogP contribution in [0, 0.1) is 11.3 Å². The van der Waals surface area contributed by atoms with E-state index in [2.05, 4.69) is 33.0 Å². The first-order valence-electron chi connectivity index (χ1n) is 8.54. The smallest absolute Gasteiger partial charge is 0.236 e. The summed E-state index contributed by atoms with van der Waals surface area (Å²) in [5.74, 6) is 0.838. The van der Waals surface area contributed by atoms with E-state index in [-0.39, 0.29) is 11.3 Å². The summed E-state index contributed by atoms with van der Waals surface area (Å²) in [7, 11) is 0. The van der Waals surface area contributed by atoms with Gasteiger partial charge in [0.15, 0.2) is 0 Å². The third-order valence-electron chi connectivity index (χ3n) is 5.02. The van der Waals surface area contributed by atoms with E-state index in [0.29, 0.717) is 24.6 Å². The van der Waals surface area contributed by atoms with E-state index >= 15 is 0 Å². The summed E-state index contributed by atoms with van der Waals surface area (Å²) in [4.78, 5) is 14.2. The van der Waals surface area contributed by atoms with Gasteiger partial charge in [0.1, 0.15) is 0 Å². The van der Waals surface area contributed by atoms with Crippen LogP contribution in [0.5, 0.6) is 0 Å². The molecule has 2 rings (SSSR count). The lowest BCUT2D eigenvalue weighted by Gasteiger charge is -2.52. The summed E-state index contributed by atoms with van der Waals surface area (Å²) in [6, 6.07) is 0.392. The van der Waals surface area contributed by atoms with E-state index in [9.17, 15) is 4.79 Å². The molecule has 4 nitrogen and oxygen atoms in total. The molecule has 4 heteroatoms. The van der Waals surface area contributed by atoms with Crippen molar-refractivity contribution in [3.05, 3.63) is 0 Å². The van der Waals surface area contributed by atoms with Gasteiger partial charge >= 0.3 is 0 Å². The van der Waals surface area contributed by atoms with Crippen molar-refractivity contribution in [1.29, 1.82) is 0 Å². The van der Waals surface area contributed by atoms with Crippen molar-refractivity contribution in [3.63, 3.8) is 0 Å². The predicted octanol–water partition coefficient (Wildman–Crippen LogP) is 2.43. The van der Waals surface area contributed by atoms with Gasteiger partial charge in [0.2, 0.25) is 5.91 Å². The Hall–Kier alpha value is -0.610. The first-order valence-corrected chi connectivity index (χ1v) is 8.54. The van der Waals surface area contributed by atoms with E-state index in [1.807, 2.05) is 4.90 Å².